The third-order valence-corrected chi connectivity index (χ3v) is 2.15. The molecule has 0 aliphatic rings. The molecule has 0 rings (SSSR count). The largest absolute Gasteiger partial charge is 0.394 e. The molecule has 0 amide bonds. The van der Waals surface area contributed by atoms with Gasteiger partial charge in [0.1, 0.15) is 0 Å². The van der Waals surface area contributed by atoms with Crippen LogP contribution >= 0.6 is 0 Å². The van der Waals surface area contributed by atoms with Gasteiger partial charge in [0.05, 0.1) is 26.7 Å². The topological polar surface area (TPSA) is 107 Å². The SMILES string of the molecule is CCCN(CC)C(N)=[N+](C)CCC.O=S(=O)(O)O. The van der Waals surface area contributed by atoms with E-state index in [4.69, 9.17) is 23.3 Å². The van der Waals surface area contributed by atoms with E-state index in [1.807, 2.05) is 0 Å². The monoisotopic (exact) mass is 284 g/mol. The molecule has 0 atom stereocenters. The Hall–Kier alpha value is -0.860. The van der Waals surface area contributed by atoms with Gasteiger partial charge in [-0.2, -0.15) is 8.42 Å². The maximum Gasteiger partial charge on any atom is 0.394 e. The van der Waals surface area contributed by atoms with Crippen LogP contribution < -0.4 is 5.73 Å². The van der Waals surface area contributed by atoms with Crippen LogP contribution in [0.2, 0.25) is 0 Å². The fraction of sp³-hybridized carbons (Fsp3) is 0.900. The number of nitrogens with zero attached hydrogens (tertiary/aromatic N) is 2. The Labute approximate surface area is 110 Å². The van der Waals surface area contributed by atoms with E-state index in [2.05, 4.69) is 37.3 Å². The van der Waals surface area contributed by atoms with Crippen LogP contribution in [0.15, 0.2) is 0 Å². The number of hydrogen-bond acceptors (Lipinski definition) is 2. The van der Waals surface area contributed by atoms with Gasteiger partial charge in [-0.3, -0.25) is 24.3 Å². The summed E-state index contributed by atoms with van der Waals surface area (Å²) >= 11 is 0. The van der Waals surface area contributed by atoms with Crippen molar-refractivity contribution in [3.8, 4) is 0 Å². The molecule has 0 saturated carbocycles. The maximum absolute atomic E-state index is 8.74. The first kappa shape index (κ1) is 19.5. The van der Waals surface area contributed by atoms with Crippen LogP contribution in [0.1, 0.15) is 33.6 Å². The normalized spacial score (nSPS) is 12.3. The molecule has 0 fully saturated rings. The second-order valence-corrected chi connectivity index (χ2v) is 4.70. The minimum absolute atomic E-state index is 0.909. The average molecular weight is 284 g/mol. The van der Waals surface area contributed by atoms with Gasteiger partial charge >= 0.3 is 16.4 Å². The molecule has 0 saturated heterocycles. The highest BCUT2D eigenvalue weighted by molar-refractivity contribution is 7.79. The average Bonchev–Trinajstić information content (AvgIpc) is 2.23. The van der Waals surface area contributed by atoms with Crippen molar-refractivity contribution in [1.82, 2.24) is 4.90 Å². The zero-order valence-electron chi connectivity index (χ0n) is 11.6. The van der Waals surface area contributed by atoms with Crippen LogP contribution in [0.4, 0.5) is 0 Å². The Morgan fingerprint density at radius 2 is 1.67 bits per heavy atom. The molecular weight excluding hydrogens is 258 g/mol. The molecule has 8 heteroatoms. The van der Waals surface area contributed by atoms with Gasteiger partial charge in [-0.1, -0.05) is 13.8 Å². The van der Waals surface area contributed by atoms with E-state index >= 15 is 0 Å². The van der Waals surface area contributed by atoms with Gasteiger partial charge in [-0.15, -0.1) is 0 Å². The summed E-state index contributed by atoms with van der Waals surface area (Å²) in [6.45, 7) is 9.56. The van der Waals surface area contributed by atoms with E-state index in [-0.39, 0.29) is 0 Å². The quantitative estimate of drug-likeness (QED) is 0.292. The Bertz CT molecular complexity index is 333. The molecular formula is C10H26N3O4S+. The van der Waals surface area contributed by atoms with Crippen molar-refractivity contribution in [3.05, 3.63) is 0 Å². The molecule has 0 bridgehead atoms. The lowest BCUT2D eigenvalue weighted by Gasteiger charge is -2.17. The number of guanidine groups is 1. The summed E-state index contributed by atoms with van der Waals surface area (Å²) in [6.07, 6.45) is 2.29. The second kappa shape index (κ2) is 10.1. The second-order valence-electron chi connectivity index (χ2n) is 3.81. The van der Waals surface area contributed by atoms with Crippen molar-refractivity contribution in [2.75, 3.05) is 26.7 Å². The van der Waals surface area contributed by atoms with Crippen LogP contribution in [0, 0.1) is 0 Å². The summed E-state index contributed by atoms with van der Waals surface area (Å²) < 4.78 is 33.7. The van der Waals surface area contributed by atoms with E-state index in [9.17, 15) is 0 Å². The number of rotatable bonds is 5. The highest BCUT2D eigenvalue weighted by Crippen LogP contribution is 1.90. The van der Waals surface area contributed by atoms with Crippen molar-refractivity contribution in [2.24, 2.45) is 5.73 Å². The lowest BCUT2D eigenvalue weighted by atomic mass is 10.4. The molecule has 0 radical (unpaired) electrons. The van der Waals surface area contributed by atoms with Gasteiger partial charge in [-0.05, 0) is 19.8 Å². The predicted octanol–water partition coefficient (Wildman–Crippen LogP) is 0.433. The molecule has 0 heterocycles. The summed E-state index contributed by atoms with van der Waals surface area (Å²) in [5.74, 6) is 0.909. The predicted molar refractivity (Wildman–Crippen MR) is 72.3 cm³/mol. The first-order valence-electron chi connectivity index (χ1n) is 5.95. The molecule has 4 N–H and O–H groups in total. The minimum Gasteiger partial charge on any atom is -0.291 e. The first-order chi connectivity index (χ1) is 8.17. The zero-order chi connectivity index (χ0) is 14.8. The maximum atomic E-state index is 8.74. The minimum atomic E-state index is -4.67. The fourth-order valence-electron chi connectivity index (χ4n) is 1.40. The molecule has 0 aliphatic carbocycles. The van der Waals surface area contributed by atoms with E-state index < -0.39 is 10.4 Å². The molecule has 0 aromatic carbocycles. The fourth-order valence-corrected chi connectivity index (χ4v) is 1.40. The van der Waals surface area contributed by atoms with Gasteiger partial charge in [0, 0.05) is 0 Å². The first-order valence-corrected chi connectivity index (χ1v) is 7.35. The molecule has 7 nitrogen and oxygen atoms in total. The van der Waals surface area contributed by atoms with Crippen molar-refractivity contribution in [1.29, 1.82) is 0 Å². The highest BCUT2D eigenvalue weighted by Gasteiger charge is 2.12. The van der Waals surface area contributed by atoms with Gasteiger partial charge in [0.2, 0.25) is 0 Å². The standard InChI is InChI=1S/C10H23N3.H2O4S/c1-5-8-12(4)10(11)13(7-3)9-6-2;1-5(2,3)4/h11H,5-9H2,1-4H3;(H2,1,2,3,4)/p+1. The third kappa shape index (κ3) is 13.2. The van der Waals surface area contributed by atoms with Crippen LogP contribution in [0.3, 0.4) is 0 Å². The Kier molecular flexibility index (Phi) is 10.9. The molecule has 0 aliphatic heterocycles. The Morgan fingerprint density at radius 1 is 1.22 bits per heavy atom. The lowest BCUT2D eigenvalue weighted by Crippen LogP contribution is -2.43. The van der Waals surface area contributed by atoms with E-state index in [1.165, 1.54) is 0 Å². The third-order valence-electron chi connectivity index (χ3n) is 2.15. The van der Waals surface area contributed by atoms with Gasteiger partial charge < -0.3 is 0 Å². The highest BCUT2D eigenvalue weighted by atomic mass is 32.3. The van der Waals surface area contributed by atoms with Crippen LogP contribution in [0.25, 0.3) is 0 Å². The molecule has 0 unspecified atom stereocenters. The molecule has 110 valence electrons. The Balaban J connectivity index is 0. The van der Waals surface area contributed by atoms with Crippen LogP contribution in [-0.2, 0) is 10.4 Å². The van der Waals surface area contributed by atoms with Gasteiger partial charge in [-0.25, -0.2) is 0 Å². The number of nitrogens with two attached hydrogens (primary N) is 1. The Morgan fingerprint density at radius 3 is 1.94 bits per heavy atom. The van der Waals surface area contributed by atoms with Crippen molar-refractivity contribution >= 4 is 16.4 Å². The molecule has 0 aromatic rings. The van der Waals surface area contributed by atoms with E-state index in [0.717, 1.165) is 38.4 Å². The van der Waals surface area contributed by atoms with E-state index in [1.54, 1.807) is 0 Å². The summed E-state index contributed by atoms with van der Waals surface area (Å²) in [5.41, 5.74) is 6.01. The zero-order valence-corrected chi connectivity index (χ0v) is 12.4. The smallest absolute Gasteiger partial charge is 0.291 e. The number of hydrogen-bond donors (Lipinski definition) is 3. The summed E-state index contributed by atoms with van der Waals surface area (Å²) in [7, 11) is -2.61. The summed E-state index contributed by atoms with van der Waals surface area (Å²) in [5, 5.41) is 0. The molecule has 0 aromatic heterocycles. The van der Waals surface area contributed by atoms with Gasteiger partial charge in [0.15, 0.2) is 0 Å². The molecule has 0 spiro atoms. The summed E-state index contributed by atoms with van der Waals surface area (Å²) in [4.78, 5) is 2.22. The van der Waals surface area contributed by atoms with Crippen molar-refractivity contribution in [2.45, 2.75) is 33.6 Å². The van der Waals surface area contributed by atoms with Gasteiger partial charge in [0.25, 0.3) is 0 Å². The van der Waals surface area contributed by atoms with Crippen LogP contribution in [-0.4, -0.2) is 59.6 Å². The van der Waals surface area contributed by atoms with Crippen molar-refractivity contribution in [3.63, 3.8) is 0 Å². The van der Waals surface area contributed by atoms with Crippen LogP contribution in [0.5, 0.6) is 0 Å². The summed E-state index contributed by atoms with van der Waals surface area (Å²) in [6, 6.07) is 0. The lowest BCUT2D eigenvalue weighted by molar-refractivity contribution is -0.503. The molecule has 18 heavy (non-hydrogen) atoms. The van der Waals surface area contributed by atoms with E-state index in [0.29, 0.717) is 0 Å². The van der Waals surface area contributed by atoms with Crippen molar-refractivity contribution < 1.29 is 22.1 Å².